The second kappa shape index (κ2) is 3.58. The number of hydrogen-bond donors (Lipinski definition) is 1. The van der Waals surface area contributed by atoms with Crippen molar-refractivity contribution in [1.82, 2.24) is 9.38 Å². The first kappa shape index (κ1) is 8.26. The Hall–Kier alpha value is -1.35. The van der Waals surface area contributed by atoms with Crippen LogP contribution in [0, 0.1) is 0 Å². The smallest absolute Gasteiger partial charge is 0.136 e. The highest BCUT2D eigenvalue weighted by molar-refractivity contribution is 5.39. The molecule has 0 aliphatic rings. The van der Waals surface area contributed by atoms with Gasteiger partial charge in [-0.2, -0.15) is 0 Å². The molecular weight excluding hydrogens is 162 g/mol. The molecule has 2 aromatic rings. The van der Waals surface area contributed by atoms with Crippen LogP contribution < -0.4 is 5.73 Å². The molecule has 0 unspecified atom stereocenters. The third kappa shape index (κ3) is 1.70. The molecule has 0 aliphatic carbocycles. The van der Waals surface area contributed by atoms with Crippen molar-refractivity contribution in [3.8, 4) is 0 Å². The van der Waals surface area contributed by atoms with Crippen molar-refractivity contribution in [3.05, 3.63) is 36.3 Å². The zero-order valence-corrected chi connectivity index (χ0v) is 7.48. The molecule has 0 amide bonds. The summed E-state index contributed by atoms with van der Waals surface area (Å²) in [6.07, 6.45) is 7.96. The zero-order chi connectivity index (χ0) is 9.10. The molecule has 2 heterocycles. The highest BCUT2D eigenvalue weighted by Crippen LogP contribution is 2.06. The van der Waals surface area contributed by atoms with Gasteiger partial charge in [0, 0.05) is 18.6 Å². The maximum atomic E-state index is 5.45. The van der Waals surface area contributed by atoms with Gasteiger partial charge in [0.15, 0.2) is 0 Å². The van der Waals surface area contributed by atoms with Crippen molar-refractivity contribution in [2.45, 2.75) is 12.8 Å². The number of fused-ring (bicyclic) bond motifs is 1. The van der Waals surface area contributed by atoms with Crippen LogP contribution in [0.5, 0.6) is 0 Å². The molecule has 2 aromatic heterocycles. The van der Waals surface area contributed by atoms with Crippen LogP contribution in [-0.4, -0.2) is 15.9 Å². The maximum absolute atomic E-state index is 5.45. The first-order valence-corrected chi connectivity index (χ1v) is 4.52. The van der Waals surface area contributed by atoms with Gasteiger partial charge in [-0.3, -0.25) is 0 Å². The predicted molar refractivity (Wildman–Crippen MR) is 52.6 cm³/mol. The zero-order valence-electron chi connectivity index (χ0n) is 7.48. The molecule has 0 spiro atoms. The van der Waals surface area contributed by atoms with Crippen molar-refractivity contribution in [2.75, 3.05) is 6.54 Å². The number of pyridine rings is 1. The number of nitrogens with zero attached hydrogens (tertiary/aromatic N) is 2. The molecule has 68 valence electrons. The van der Waals surface area contributed by atoms with Gasteiger partial charge in [0.25, 0.3) is 0 Å². The third-order valence-electron chi connectivity index (χ3n) is 2.12. The van der Waals surface area contributed by atoms with Gasteiger partial charge in [-0.15, -0.1) is 0 Å². The Kier molecular flexibility index (Phi) is 2.27. The fourth-order valence-electron chi connectivity index (χ4n) is 1.42. The summed E-state index contributed by atoms with van der Waals surface area (Å²) >= 11 is 0. The van der Waals surface area contributed by atoms with Crippen molar-refractivity contribution < 1.29 is 0 Å². The van der Waals surface area contributed by atoms with Gasteiger partial charge >= 0.3 is 0 Å². The number of nitrogens with two attached hydrogens (primary N) is 1. The molecule has 0 aromatic carbocycles. The van der Waals surface area contributed by atoms with Crippen molar-refractivity contribution in [2.24, 2.45) is 5.73 Å². The van der Waals surface area contributed by atoms with E-state index in [2.05, 4.69) is 17.2 Å². The van der Waals surface area contributed by atoms with Gasteiger partial charge in [-0.25, -0.2) is 4.98 Å². The van der Waals surface area contributed by atoms with E-state index < -0.39 is 0 Å². The highest BCUT2D eigenvalue weighted by atomic mass is 15.0. The van der Waals surface area contributed by atoms with Gasteiger partial charge in [-0.1, -0.05) is 6.07 Å². The summed E-state index contributed by atoms with van der Waals surface area (Å²) in [4.78, 5) is 4.18. The first-order chi connectivity index (χ1) is 6.40. The second-order valence-corrected chi connectivity index (χ2v) is 3.12. The SMILES string of the molecule is NCCCc1ccc2nccn2c1. The lowest BCUT2D eigenvalue weighted by molar-refractivity contribution is 0.827. The lowest BCUT2D eigenvalue weighted by Gasteiger charge is -2.00. The largest absolute Gasteiger partial charge is 0.330 e. The van der Waals surface area contributed by atoms with Gasteiger partial charge in [-0.05, 0) is 31.0 Å². The van der Waals surface area contributed by atoms with Crippen LogP contribution in [0.2, 0.25) is 0 Å². The summed E-state index contributed by atoms with van der Waals surface area (Å²) in [6.45, 7) is 0.752. The second-order valence-electron chi connectivity index (χ2n) is 3.12. The van der Waals surface area contributed by atoms with E-state index in [1.54, 1.807) is 0 Å². The van der Waals surface area contributed by atoms with Crippen LogP contribution in [0.1, 0.15) is 12.0 Å². The molecule has 2 rings (SSSR count). The summed E-state index contributed by atoms with van der Waals surface area (Å²) in [5, 5.41) is 0. The molecule has 0 saturated carbocycles. The highest BCUT2D eigenvalue weighted by Gasteiger charge is 1.95. The molecule has 0 aliphatic heterocycles. The molecule has 0 saturated heterocycles. The Bertz CT molecular complexity index is 392. The standard InChI is InChI=1S/C10H13N3/c11-5-1-2-9-3-4-10-12-6-7-13(10)8-9/h3-4,6-8H,1-2,5,11H2. The Labute approximate surface area is 77.2 Å². The summed E-state index contributed by atoms with van der Waals surface area (Å²) in [6, 6.07) is 4.14. The molecule has 0 fully saturated rings. The minimum Gasteiger partial charge on any atom is -0.330 e. The molecule has 0 atom stereocenters. The van der Waals surface area contributed by atoms with E-state index >= 15 is 0 Å². The van der Waals surface area contributed by atoms with Crippen molar-refractivity contribution >= 4 is 5.65 Å². The van der Waals surface area contributed by atoms with Gasteiger partial charge < -0.3 is 10.1 Å². The average Bonchev–Trinajstić information content (AvgIpc) is 2.61. The lowest BCUT2D eigenvalue weighted by atomic mass is 10.1. The Morgan fingerprint density at radius 2 is 2.31 bits per heavy atom. The van der Waals surface area contributed by atoms with Crippen LogP contribution in [0.15, 0.2) is 30.7 Å². The maximum Gasteiger partial charge on any atom is 0.136 e. The van der Waals surface area contributed by atoms with Crippen LogP contribution >= 0.6 is 0 Å². The fourth-order valence-corrected chi connectivity index (χ4v) is 1.42. The number of aromatic nitrogens is 2. The van der Waals surface area contributed by atoms with Crippen LogP contribution in [0.25, 0.3) is 5.65 Å². The lowest BCUT2D eigenvalue weighted by Crippen LogP contribution is -2.00. The molecular formula is C10H13N3. The molecule has 2 N–H and O–H groups in total. The summed E-state index contributed by atoms with van der Waals surface area (Å²) < 4.78 is 2.03. The van der Waals surface area contributed by atoms with E-state index in [4.69, 9.17) is 5.73 Å². The van der Waals surface area contributed by atoms with Gasteiger partial charge in [0.1, 0.15) is 5.65 Å². The minimum absolute atomic E-state index is 0.752. The number of rotatable bonds is 3. The summed E-state index contributed by atoms with van der Waals surface area (Å²) in [5.41, 5.74) is 7.76. The topological polar surface area (TPSA) is 43.3 Å². The monoisotopic (exact) mass is 175 g/mol. The first-order valence-electron chi connectivity index (χ1n) is 4.52. The molecule has 3 nitrogen and oxygen atoms in total. The number of aryl methyl sites for hydroxylation is 1. The number of hydrogen-bond acceptors (Lipinski definition) is 2. The summed E-state index contributed by atoms with van der Waals surface area (Å²) in [5.74, 6) is 0. The van der Waals surface area contributed by atoms with E-state index in [0.29, 0.717) is 0 Å². The van der Waals surface area contributed by atoms with E-state index in [0.717, 1.165) is 25.0 Å². The molecule has 0 bridgehead atoms. The van der Waals surface area contributed by atoms with E-state index in [1.807, 2.05) is 22.9 Å². The van der Waals surface area contributed by atoms with Crippen molar-refractivity contribution in [3.63, 3.8) is 0 Å². The van der Waals surface area contributed by atoms with Crippen LogP contribution in [-0.2, 0) is 6.42 Å². The fraction of sp³-hybridized carbons (Fsp3) is 0.300. The van der Waals surface area contributed by atoms with E-state index in [9.17, 15) is 0 Å². The van der Waals surface area contributed by atoms with E-state index in [1.165, 1.54) is 5.56 Å². The molecule has 3 heteroatoms. The number of imidazole rings is 1. The Morgan fingerprint density at radius 1 is 1.38 bits per heavy atom. The summed E-state index contributed by atoms with van der Waals surface area (Å²) in [7, 11) is 0. The quantitative estimate of drug-likeness (QED) is 0.762. The average molecular weight is 175 g/mol. The molecule has 0 radical (unpaired) electrons. The normalized spacial score (nSPS) is 10.8. The Balaban J connectivity index is 2.26. The van der Waals surface area contributed by atoms with Gasteiger partial charge in [0.2, 0.25) is 0 Å². The van der Waals surface area contributed by atoms with Crippen LogP contribution in [0.4, 0.5) is 0 Å². The van der Waals surface area contributed by atoms with E-state index in [-0.39, 0.29) is 0 Å². The van der Waals surface area contributed by atoms with Gasteiger partial charge in [0.05, 0.1) is 0 Å². The Morgan fingerprint density at radius 3 is 3.15 bits per heavy atom. The van der Waals surface area contributed by atoms with Crippen molar-refractivity contribution in [1.29, 1.82) is 0 Å². The minimum atomic E-state index is 0.752. The van der Waals surface area contributed by atoms with Crippen LogP contribution in [0.3, 0.4) is 0 Å². The molecule has 13 heavy (non-hydrogen) atoms. The third-order valence-corrected chi connectivity index (χ3v) is 2.12. The predicted octanol–water partition coefficient (Wildman–Crippen LogP) is 1.23.